The highest BCUT2D eigenvalue weighted by Crippen LogP contribution is 2.24. The Morgan fingerprint density at radius 1 is 1.37 bits per heavy atom. The fourth-order valence-electron chi connectivity index (χ4n) is 1.52. The van der Waals surface area contributed by atoms with Crippen LogP contribution in [-0.4, -0.2) is 41.6 Å². The number of aromatic nitrogens is 5. The second-order valence-electron chi connectivity index (χ2n) is 4.11. The molecule has 0 saturated heterocycles. The average molecular weight is 279 g/mol. The second-order valence-corrected chi connectivity index (χ2v) is 5.05. The molecule has 100 valence electrons. The first-order valence-electron chi connectivity index (χ1n) is 5.65. The van der Waals surface area contributed by atoms with E-state index in [4.69, 9.17) is 5.11 Å². The van der Waals surface area contributed by atoms with Gasteiger partial charge in [0.15, 0.2) is 5.16 Å². The van der Waals surface area contributed by atoms with E-state index in [9.17, 15) is 4.79 Å². The summed E-state index contributed by atoms with van der Waals surface area (Å²) >= 11 is 1.12. The zero-order valence-electron chi connectivity index (χ0n) is 10.5. The molecule has 8 heteroatoms. The van der Waals surface area contributed by atoms with Gasteiger partial charge in [-0.3, -0.25) is 9.36 Å². The molecule has 2 aromatic heterocycles. The minimum absolute atomic E-state index is 0.0656. The molecule has 1 N–H and O–H groups in total. The third kappa shape index (κ3) is 3.08. The number of rotatable bonds is 5. The average Bonchev–Trinajstić information content (AvgIpc) is 2.81. The monoisotopic (exact) mass is 279 g/mol. The highest BCUT2D eigenvalue weighted by atomic mass is 32.2. The van der Waals surface area contributed by atoms with E-state index in [0.29, 0.717) is 5.16 Å². The second kappa shape index (κ2) is 5.79. The summed E-state index contributed by atoms with van der Waals surface area (Å²) in [6.07, 6.45) is 4.73. The zero-order valence-corrected chi connectivity index (χ0v) is 11.3. The molecule has 0 fully saturated rings. The van der Waals surface area contributed by atoms with Gasteiger partial charge in [-0.2, -0.15) is 0 Å². The highest BCUT2D eigenvalue weighted by Gasteiger charge is 2.17. The topological polar surface area (TPSA) is 93.8 Å². The molecule has 0 amide bonds. The largest absolute Gasteiger partial charge is 0.481 e. The van der Waals surface area contributed by atoms with Crippen molar-refractivity contribution in [3.8, 4) is 5.69 Å². The van der Waals surface area contributed by atoms with Crippen LogP contribution in [0.25, 0.3) is 5.69 Å². The minimum atomic E-state index is -0.894. The van der Waals surface area contributed by atoms with E-state index in [1.807, 2.05) is 13.8 Å². The predicted molar refractivity (Wildman–Crippen MR) is 69.4 cm³/mol. The maximum absolute atomic E-state index is 10.7. The highest BCUT2D eigenvalue weighted by molar-refractivity contribution is 7.99. The number of aliphatic carboxylic acids is 1. The summed E-state index contributed by atoms with van der Waals surface area (Å²) in [5.41, 5.74) is 0.726. The lowest BCUT2D eigenvalue weighted by Crippen LogP contribution is -2.06. The van der Waals surface area contributed by atoms with Gasteiger partial charge < -0.3 is 5.11 Å². The molecule has 0 aliphatic rings. The third-order valence-corrected chi connectivity index (χ3v) is 3.22. The van der Waals surface area contributed by atoms with E-state index in [-0.39, 0.29) is 11.7 Å². The first kappa shape index (κ1) is 13.5. The molecule has 0 aromatic carbocycles. The fraction of sp³-hybridized carbons (Fsp3) is 0.364. The van der Waals surface area contributed by atoms with Crippen LogP contribution in [0.3, 0.4) is 0 Å². The fourth-order valence-corrected chi connectivity index (χ4v) is 2.20. The van der Waals surface area contributed by atoms with E-state index < -0.39 is 5.97 Å². The molecular formula is C11H13N5O2S. The van der Waals surface area contributed by atoms with Gasteiger partial charge in [-0.05, 0) is 0 Å². The molecule has 0 aliphatic carbocycles. The Hall–Kier alpha value is -1.96. The van der Waals surface area contributed by atoms with Crippen LogP contribution in [0.5, 0.6) is 0 Å². The van der Waals surface area contributed by atoms with Crippen molar-refractivity contribution in [2.45, 2.75) is 24.9 Å². The Labute approximate surface area is 114 Å². The summed E-state index contributed by atoms with van der Waals surface area (Å²) in [5, 5.41) is 17.4. The number of nitrogens with zero attached hydrogens (tertiary/aromatic N) is 5. The van der Waals surface area contributed by atoms with E-state index in [1.54, 1.807) is 17.0 Å². The summed E-state index contributed by atoms with van der Waals surface area (Å²) in [6.45, 7) is 3.99. The van der Waals surface area contributed by atoms with Crippen LogP contribution in [0, 0.1) is 0 Å². The van der Waals surface area contributed by atoms with Crippen molar-refractivity contribution in [1.82, 2.24) is 24.7 Å². The van der Waals surface area contributed by atoms with E-state index in [0.717, 1.165) is 23.3 Å². The number of carboxylic acid groups (broad SMARTS) is 1. The maximum atomic E-state index is 10.7. The van der Waals surface area contributed by atoms with Crippen LogP contribution >= 0.6 is 11.8 Å². The van der Waals surface area contributed by atoms with Gasteiger partial charge in [0.05, 0.1) is 23.8 Å². The van der Waals surface area contributed by atoms with Crippen molar-refractivity contribution in [3.05, 3.63) is 24.5 Å². The van der Waals surface area contributed by atoms with Gasteiger partial charge in [0, 0.05) is 5.92 Å². The molecule has 0 unspecified atom stereocenters. The number of carboxylic acids is 1. The molecule has 2 rings (SSSR count). The summed E-state index contributed by atoms with van der Waals surface area (Å²) in [7, 11) is 0. The number of thioether (sulfide) groups is 1. The third-order valence-electron chi connectivity index (χ3n) is 2.30. The lowest BCUT2D eigenvalue weighted by atomic mass is 10.2. The Kier molecular flexibility index (Phi) is 4.10. The zero-order chi connectivity index (χ0) is 13.8. The minimum Gasteiger partial charge on any atom is -0.481 e. The maximum Gasteiger partial charge on any atom is 0.313 e. The first-order valence-corrected chi connectivity index (χ1v) is 6.63. The van der Waals surface area contributed by atoms with Crippen molar-refractivity contribution >= 4 is 17.7 Å². The first-order chi connectivity index (χ1) is 9.09. The van der Waals surface area contributed by atoms with Crippen LogP contribution in [0.1, 0.15) is 25.6 Å². The quantitative estimate of drug-likeness (QED) is 0.826. The molecule has 2 heterocycles. The smallest absolute Gasteiger partial charge is 0.313 e. The summed E-state index contributed by atoms with van der Waals surface area (Å²) in [5.74, 6) is -0.0475. The van der Waals surface area contributed by atoms with Crippen molar-refractivity contribution in [2.75, 3.05) is 5.75 Å². The SMILES string of the molecule is CC(C)c1nnc(SCC(=O)O)n1-c1cncnc1. The number of carbonyl (C=O) groups is 1. The van der Waals surface area contributed by atoms with Crippen LogP contribution < -0.4 is 0 Å². The molecule has 0 saturated carbocycles. The van der Waals surface area contributed by atoms with Gasteiger partial charge in [0.2, 0.25) is 0 Å². The van der Waals surface area contributed by atoms with E-state index >= 15 is 0 Å². The Morgan fingerprint density at radius 3 is 2.63 bits per heavy atom. The van der Waals surface area contributed by atoms with E-state index in [1.165, 1.54) is 6.33 Å². The molecular weight excluding hydrogens is 266 g/mol. The molecule has 0 aliphatic heterocycles. The van der Waals surface area contributed by atoms with Gasteiger partial charge in [0.25, 0.3) is 0 Å². The lowest BCUT2D eigenvalue weighted by molar-refractivity contribution is -0.133. The summed E-state index contributed by atoms with van der Waals surface area (Å²) in [6, 6.07) is 0. The Bertz CT molecular complexity index is 570. The number of hydrogen-bond donors (Lipinski definition) is 1. The van der Waals surface area contributed by atoms with Crippen molar-refractivity contribution < 1.29 is 9.90 Å². The van der Waals surface area contributed by atoms with Gasteiger partial charge in [-0.15, -0.1) is 10.2 Å². The molecule has 2 aromatic rings. The molecule has 19 heavy (non-hydrogen) atoms. The normalized spacial score (nSPS) is 10.9. The summed E-state index contributed by atoms with van der Waals surface area (Å²) in [4.78, 5) is 18.6. The standard InChI is InChI=1S/C11H13N5O2S/c1-7(2)10-14-15-11(19-5-9(17)18)16(10)8-3-12-6-13-4-8/h3-4,6-7H,5H2,1-2H3,(H,17,18). The van der Waals surface area contributed by atoms with Crippen molar-refractivity contribution in [1.29, 1.82) is 0 Å². The number of hydrogen-bond acceptors (Lipinski definition) is 6. The molecule has 0 spiro atoms. The van der Waals surface area contributed by atoms with Gasteiger partial charge in [0.1, 0.15) is 12.2 Å². The van der Waals surface area contributed by atoms with Crippen LogP contribution in [0.4, 0.5) is 0 Å². The van der Waals surface area contributed by atoms with Gasteiger partial charge >= 0.3 is 5.97 Å². The lowest BCUT2D eigenvalue weighted by Gasteiger charge is -2.10. The van der Waals surface area contributed by atoms with Gasteiger partial charge in [-0.25, -0.2) is 9.97 Å². The molecule has 7 nitrogen and oxygen atoms in total. The van der Waals surface area contributed by atoms with Crippen LogP contribution in [0.15, 0.2) is 23.9 Å². The Balaban J connectivity index is 2.42. The van der Waals surface area contributed by atoms with E-state index in [2.05, 4.69) is 20.2 Å². The van der Waals surface area contributed by atoms with Crippen LogP contribution in [-0.2, 0) is 4.79 Å². The molecule has 0 atom stereocenters. The Morgan fingerprint density at radius 2 is 2.05 bits per heavy atom. The van der Waals surface area contributed by atoms with Crippen molar-refractivity contribution in [2.24, 2.45) is 0 Å². The summed E-state index contributed by atoms with van der Waals surface area (Å²) < 4.78 is 1.79. The van der Waals surface area contributed by atoms with Crippen LogP contribution in [0.2, 0.25) is 0 Å². The predicted octanol–water partition coefficient (Wildman–Crippen LogP) is 1.36. The van der Waals surface area contributed by atoms with Gasteiger partial charge in [-0.1, -0.05) is 25.6 Å². The molecule has 0 radical (unpaired) electrons. The van der Waals surface area contributed by atoms with Crippen molar-refractivity contribution in [3.63, 3.8) is 0 Å². The molecule has 0 bridgehead atoms.